The molecule has 0 aromatic heterocycles. The van der Waals surface area contributed by atoms with Crippen LogP contribution in [0.4, 0.5) is 0 Å². The van der Waals surface area contributed by atoms with Crippen LogP contribution in [0.3, 0.4) is 0 Å². The zero-order valence-corrected chi connectivity index (χ0v) is 36.8. The largest absolute Gasteiger partial charge is 0.467 e. The molecule has 13 heteroatoms. The number of nitrogens with zero attached hydrogens (tertiary/aromatic N) is 1. The van der Waals surface area contributed by atoms with Crippen molar-refractivity contribution in [3.63, 3.8) is 0 Å². The Morgan fingerprint density at radius 2 is 1.66 bits per heavy atom. The normalized spacial score (nSPS) is 43.4. The minimum Gasteiger partial charge on any atom is -0.467 e. The van der Waals surface area contributed by atoms with Gasteiger partial charge in [0.05, 0.1) is 30.8 Å². The van der Waals surface area contributed by atoms with Gasteiger partial charge in [-0.05, 0) is 134 Å². The molecule has 6 rings (SSSR count). The molecule has 4 fully saturated rings. The summed E-state index contributed by atoms with van der Waals surface area (Å²) in [6, 6.07) is 0.330. The van der Waals surface area contributed by atoms with Crippen molar-refractivity contribution in [2.75, 3.05) is 34.6 Å². The average molecular weight is 822 g/mol. The predicted molar refractivity (Wildman–Crippen MR) is 219 cm³/mol. The molecule has 11 nitrogen and oxygen atoms in total. The average Bonchev–Trinajstić information content (AvgIpc) is 3.75. The number of carbonyl (C=O) groups excluding carboxylic acids is 2. The maximum absolute atomic E-state index is 14.8. The van der Waals surface area contributed by atoms with E-state index in [0.29, 0.717) is 16.8 Å². The number of rotatable bonds is 9. The molecule has 3 aliphatic heterocycles. The molecule has 0 bridgehead atoms. The van der Waals surface area contributed by atoms with Gasteiger partial charge in [-0.15, -0.1) is 0 Å². The second-order valence-electron chi connectivity index (χ2n) is 17.3. The van der Waals surface area contributed by atoms with Crippen molar-refractivity contribution in [3.05, 3.63) is 23.3 Å². The molecule has 3 heterocycles. The number of ketones is 1. The Kier molecular flexibility index (Phi) is 15.2. The molecule has 1 saturated carbocycles. The van der Waals surface area contributed by atoms with Crippen LogP contribution in [0.15, 0.2) is 23.3 Å². The molecule has 3 saturated heterocycles. The molecule has 316 valence electrons. The van der Waals surface area contributed by atoms with Crippen LogP contribution in [0.2, 0.25) is 0 Å². The van der Waals surface area contributed by atoms with Crippen LogP contribution in [-0.4, -0.2) is 123 Å². The number of fused-ring (bicyclic) bond motifs is 5. The van der Waals surface area contributed by atoms with Gasteiger partial charge < -0.3 is 42.8 Å². The highest BCUT2D eigenvalue weighted by atomic mass is 32.2. The van der Waals surface area contributed by atoms with E-state index in [4.69, 9.17) is 50.1 Å². The zero-order valence-electron chi connectivity index (χ0n) is 35.2. The first-order valence-electron chi connectivity index (χ1n) is 21.0. The van der Waals surface area contributed by atoms with Gasteiger partial charge in [-0.2, -0.15) is 0 Å². The Labute approximate surface area is 344 Å². The van der Waals surface area contributed by atoms with E-state index in [2.05, 4.69) is 51.9 Å². The fraction of sp³-hybridized carbons (Fsp3) is 0.837. The van der Waals surface area contributed by atoms with E-state index in [0.717, 1.165) is 50.5 Å². The number of ether oxygens (including phenoxy) is 8. The van der Waals surface area contributed by atoms with Gasteiger partial charge in [0.15, 0.2) is 24.5 Å². The number of methoxy groups -OCH3 is 2. The van der Waals surface area contributed by atoms with Crippen molar-refractivity contribution < 1.29 is 47.5 Å². The number of Topliss-reactive ketones (excluding diaryl/α,β-unsaturated/α-hetero) is 1. The number of likely N-dealkylation sites (N-methyl/N-ethyl adjacent to an activating group) is 1. The number of hydrogen-bond acceptors (Lipinski definition) is 13. The first-order valence-corrected chi connectivity index (χ1v) is 22.6. The number of esters is 1. The maximum atomic E-state index is 14.8. The summed E-state index contributed by atoms with van der Waals surface area (Å²) in [7, 11) is 7.47. The lowest BCUT2D eigenvalue weighted by Gasteiger charge is -2.44. The summed E-state index contributed by atoms with van der Waals surface area (Å²) in [5, 5.41) is 0. The number of thiocarbonyl (C=S) groups is 1. The first-order chi connectivity index (χ1) is 26.8. The molecule has 0 spiro atoms. The second kappa shape index (κ2) is 19.3. The van der Waals surface area contributed by atoms with E-state index in [9.17, 15) is 9.59 Å². The summed E-state index contributed by atoms with van der Waals surface area (Å²) >= 11 is 6.83. The molecule has 56 heavy (non-hydrogen) atoms. The van der Waals surface area contributed by atoms with E-state index in [1.54, 1.807) is 14.2 Å². The quantitative estimate of drug-likeness (QED) is 0.137. The summed E-state index contributed by atoms with van der Waals surface area (Å²) in [6.45, 7) is 10.3. The minimum absolute atomic E-state index is 0.0166. The number of cyclic esters (lactones) is 1. The lowest BCUT2D eigenvalue weighted by atomic mass is 9.67. The Hall–Kier alpha value is -1.42. The van der Waals surface area contributed by atoms with Gasteiger partial charge in [0.25, 0.3) is 0 Å². The molecule has 0 unspecified atom stereocenters. The Bertz CT molecular complexity index is 1460. The second-order valence-corrected chi connectivity index (χ2v) is 18.7. The fourth-order valence-electron chi connectivity index (χ4n) is 10.8. The zero-order chi connectivity index (χ0) is 40.4. The summed E-state index contributed by atoms with van der Waals surface area (Å²) < 4.78 is 50.8. The first kappa shape index (κ1) is 44.1. The third-order valence-electron chi connectivity index (χ3n) is 13.8. The number of hydrogen-bond donors (Lipinski definition) is 0. The van der Waals surface area contributed by atoms with Crippen LogP contribution in [0.25, 0.3) is 0 Å². The van der Waals surface area contributed by atoms with Gasteiger partial charge in [-0.3, -0.25) is 9.59 Å². The fourth-order valence-corrected chi connectivity index (χ4v) is 11.1. The third-order valence-corrected chi connectivity index (χ3v) is 14.8. The molecule has 0 amide bonds. The van der Waals surface area contributed by atoms with Crippen molar-refractivity contribution in [2.45, 2.75) is 160 Å². The highest BCUT2D eigenvalue weighted by Gasteiger charge is 2.54. The van der Waals surface area contributed by atoms with E-state index in [1.165, 1.54) is 17.3 Å². The number of thioether (sulfide) groups is 1. The molecule has 0 aromatic rings. The van der Waals surface area contributed by atoms with E-state index < -0.39 is 18.5 Å². The van der Waals surface area contributed by atoms with Gasteiger partial charge in [-0.25, -0.2) is 0 Å². The Morgan fingerprint density at radius 3 is 2.32 bits per heavy atom. The maximum Gasteiger partial charge on any atom is 0.306 e. The van der Waals surface area contributed by atoms with Gasteiger partial charge >= 0.3 is 5.97 Å². The standard InChI is InChI=1S/C43H67NO10S2/c1-11-26-13-12-14-35(53-37-16-15-34(44(6)7)24(4)49-37)23(3)38(46)33-20-31-29(32(33)21-36(45)51-26)17-22(2)28-18-27(19-30(28)31)52-42-41(54-43(55)56-10)40(48-9)39(47-8)25(5)50-42/h17,20,23-32,34-35,37,39-42H,11-16,18-19,21H2,1-10H3/t23-,24-,25+,26+,27-,28+,29-,30-,31-,32+,34+,35-,37+,39+,40-,41-,42+/m1/s1. The molecule has 0 N–H and O–H groups in total. The molecule has 6 aliphatic rings. The van der Waals surface area contributed by atoms with Crippen LogP contribution < -0.4 is 0 Å². The topological polar surface area (TPSA) is 111 Å². The lowest BCUT2D eigenvalue weighted by molar-refractivity contribution is -0.306. The van der Waals surface area contributed by atoms with E-state index in [1.807, 2.05) is 20.1 Å². The molecular formula is C43H67NO10S2. The van der Waals surface area contributed by atoms with Gasteiger partial charge in [0, 0.05) is 32.1 Å². The van der Waals surface area contributed by atoms with Crippen LogP contribution in [-0.2, 0) is 47.5 Å². The van der Waals surface area contributed by atoms with Gasteiger partial charge in [-0.1, -0.05) is 43.3 Å². The Balaban J connectivity index is 1.24. The predicted octanol–water partition coefficient (Wildman–Crippen LogP) is 6.90. The molecule has 17 atom stereocenters. The Morgan fingerprint density at radius 1 is 0.911 bits per heavy atom. The van der Waals surface area contributed by atoms with Crippen LogP contribution >= 0.6 is 24.0 Å². The summed E-state index contributed by atoms with van der Waals surface area (Å²) in [5.74, 6) is -0.177. The SMILES string of the molecule is CC[C@H]1CCC[C@@H](O[C@H]2CC[C@H](N(C)C)[C@@H](C)O2)[C@@H](C)C(=O)C2=C[C@@H]3[C@@H](C=C(C)[C@@H]4C[C@@H](O[C@@H]5O[C@@H](C)[C@H](OC)[C@@H](OC)[C@H]5OC(=S)SC)C[C@@H]34)[C@@H]2CC(=O)O1. The van der Waals surface area contributed by atoms with E-state index >= 15 is 0 Å². The van der Waals surface area contributed by atoms with Crippen molar-refractivity contribution in [3.8, 4) is 0 Å². The lowest BCUT2D eigenvalue weighted by Crippen LogP contribution is -2.60. The van der Waals surface area contributed by atoms with Crippen molar-refractivity contribution in [1.82, 2.24) is 4.90 Å². The van der Waals surface area contributed by atoms with Crippen LogP contribution in [0.1, 0.15) is 92.4 Å². The highest BCUT2D eigenvalue weighted by molar-refractivity contribution is 8.22. The van der Waals surface area contributed by atoms with Crippen molar-refractivity contribution in [2.24, 2.45) is 35.5 Å². The number of allylic oxidation sites excluding steroid dienone is 4. The van der Waals surface area contributed by atoms with Crippen molar-refractivity contribution >= 4 is 40.1 Å². The summed E-state index contributed by atoms with van der Waals surface area (Å²) in [5.41, 5.74) is 2.04. The van der Waals surface area contributed by atoms with Crippen LogP contribution in [0.5, 0.6) is 0 Å². The molecule has 3 aliphatic carbocycles. The smallest absolute Gasteiger partial charge is 0.306 e. The van der Waals surface area contributed by atoms with Gasteiger partial charge in [0.1, 0.15) is 18.3 Å². The molecule has 0 aromatic carbocycles. The molecule has 0 radical (unpaired) electrons. The monoisotopic (exact) mass is 821 g/mol. The van der Waals surface area contributed by atoms with Crippen LogP contribution in [0, 0.1) is 35.5 Å². The minimum atomic E-state index is -0.709. The summed E-state index contributed by atoms with van der Waals surface area (Å²) in [4.78, 5) is 30.7. The van der Waals surface area contributed by atoms with E-state index in [-0.39, 0.29) is 96.6 Å². The van der Waals surface area contributed by atoms with Crippen molar-refractivity contribution in [1.29, 1.82) is 0 Å². The molecular weight excluding hydrogens is 755 g/mol. The highest BCUT2D eigenvalue weighted by Crippen LogP contribution is 2.56. The summed E-state index contributed by atoms with van der Waals surface area (Å²) in [6.07, 6.45) is 9.66. The number of carbonyl (C=O) groups is 2. The van der Waals surface area contributed by atoms with Gasteiger partial charge in [0.2, 0.25) is 4.38 Å². The third kappa shape index (κ3) is 9.46.